The summed E-state index contributed by atoms with van der Waals surface area (Å²) in [5.41, 5.74) is 5.90. The van der Waals surface area contributed by atoms with Crippen LogP contribution in [0.4, 0.5) is 0 Å². The summed E-state index contributed by atoms with van der Waals surface area (Å²) in [6, 6.07) is 1.72. The average molecular weight is 290 g/mol. The summed E-state index contributed by atoms with van der Waals surface area (Å²) >= 11 is 3.36. The molecule has 4 nitrogen and oxygen atoms in total. The molecule has 1 aromatic carbocycles. The summed E-state index contributed by atoms with van der Waals surface area (Å²) in [6.07, 6.45) is 0. The van der Waals surface area contributed by atoms with Gasteiger partial charge < -0.3 is 20.3 Å². The third-order valence-corrected chi connectivity index (χ3v) is 2.87. The van der Waals surface area contributed by atoms with E-state index in [-0.39, 0.29) is 5.75 Å². The molecule has 0 radical (unpaired) electrons. The number of methoxy groups -OCH3 is 2. The van der Waals surface area contributed by atoms with Crippen molar-refractivity contribution in [2.45, 2.75) is 19.4 Å². The molecule has 1 aromatic rings. The van der Waals surface area contributed by atoms with Crippen LogP contribution in [-0.4, -0.2) is 19.3 Å². The zero-order valence-corrected chi connectivity index (χ0v) is 11.4. The maximum absolute atomic E-state index is 10.1. The number of benzene rings is 1. The van der Waals surface area contributed by atoms with E-state index in [1.807, 2.05) is 0 Å². The molecule has 1 rings (SSSR count). The van der Waals surface area contributed by atoms with Crippen molar-refractivity contribution in [1.82, 2.24) is 0 Å². The van der Waals surface area contributed by atoms with Gasteiger partial charge in [0.2, 0.25) is 5.75 Å². The van der Waals surface area contributed by atoms with Crippen molar-refractivity contribution in [3.05, 3.63) is 16.1 Å². The molecule has 0 aliphatic carbocycles. The number of phenolic OH excluding ortho intramolecular Hbond substituents is 1. The second-order valence-corrected chi connectivity index (χ2v) is 4.89. The van der Waals surface area contributed by atoms with E-state index in [1.165, 1.54) is 14.2 Å². The van der Waals surface area contributed by atoms with Crippen LogP contribution < -0.4 is 15.2 Å². The number of hydrogen-bond acceptors (Lipinski definition) is 4. The number of ether oxygens (including phenoxy) is 2. The molecule has 0 fully saturated rings. The van der Waals surface area contributed by atoms with Gasteiger partial charge in [-0.1, -0.05) is 15.9 Å². The molecule has 0 bridgehead atoms. The van der Waals surface area contributed by atoms with Gasteiger partial charge in [-0.2, -0.15) is 0 Å². The summed E-state index contributed by atoms with van der Waals surface area (Å²) in [5, 5.41) is 10.1. The van der Waals surface area contributed by atoms with Crippen LogP contribution in [0.15, 0.2) is 10.5 Å². The molecule has 0 aliphatic heterocycles. The Labute approximate surface area is 103 Å². The van der Waals surface area contributed by atoms with Gasteiger partial charge in [-0.15, -0.1) is 0 Å². The van der Waals surface area contributed by atoms with Crippen molar-refractivity contribution in [3.8, 4) is 17.2 Å². The standard InChI is InChI=1S/C11H16BrNO3/c1-11(2,13)8-6(12)5-7(15-3)10(16-4)9(8)14/h5,14H,13H2,1-4H3. The zero-order chi connectivity index (χ0) is 12.5. The van der Waals surface area contributed by atoms with E-state index in [0.717, 1.165) is 0 Å². The van der Waals surface area contributed by atoms with Gasteiger partial charge in [0, 0.05) is 15.6 Å². The van der Waals surface area contributed by atoms with E-state index >= 15 is 0 Å². The van der Waals surface area contributed by atoms with E-state index in [1.54, 1.807) is 19.9 Å². The van der Waals surface area contributed by atoms with Gasteiger partial charge in [0.05, 0.1) is 14.2 Å². The first-order chi connectivity index (χ1) is 7.32. The summed E-state index contributed by atoms with van der Waals surface area (Å²) in [6.45, 7) is 3.61. The quantitative estimate of drug-likeness (QED) is 0.897. The first kappa shape index (κ1) is 13.1. The Morgan fingerprint density at radius 1 is 1.31 bits per heavy atom. The highest BCUT2D eigenvalue weighted by Crippen LogP contribution is 2.46. The Morgan fingerprint density at radius 2 is 1.88 bits per heavy atom. The Kier molecular flexibility index (Phi) is 3.70. The zero-order valence-electron chi connectivity index (χ0n) is 9.80. The Morgan fingerprint density at radius 3 is 2.25 bits per heavy atom. The predicted octanol–water partition coefficient (Wildman–Crippen LogP) is 2.37. The predicted molar refractivity (Wildman–Crippen MR) is 66.1 cm³/mol. The summed E-state index contributed by atoms with van der Waals surface area (Å²) in [5.74, 6) is 0.750. The van der Waals surface area contributed by atoms with E-state index in [0.29, 0.717) is 21.5 Å². The number of aromatic hydroxyl groups is 1. The third kappa shape index (κ3) is 2.25. The van der Waals surface area contributed by atoms with E-state index in [2.05, 4.69) is 15.9 Å². The van der Waals surface area contributed by atoms with Gasteiger partial charge in [-0.05, 0) is 19.9 Å². The van der Waals surface area contributed by atoms with Crippen molar-refractivity contribution < 1.29 is 14.6 Å². The van der Waals surface area contributed by atoms with E-state index in [9.17, 15) is 5.11 Å². The average Bonchev–Trinajstić information content (AvgIpc) is 2.14. The Balaban J connectivity index is 3.54. The lowest BCUT2D eigenvalue weighted by molar-refractivity contribution is 0.326. The van der Waals surface area contributed by atoms with Gasteiger partial charge in [0.1, 0.15) is 0 Å². The minimum Gasteiger partial charge on any atom is -0.504 e. The molecule has 16 heavy (non-hydrogen) atoms. The van der Waals surface area contributed by atoms with Crippen LogP contribution in [0.25, 0.3) is 0 Å². The van der Waals surface area contributed by atoms with Gasteiger partial charge in [-0.25, -0.2) is 0 Å². The minimum atomic E-state index is -0.678. The fourth-order valence-electron chi connectivity index (χ4n) is 1.56. The Bertz CT molecular complexity index is 399. The van der Waals surface area contributed by atoms with Crippen LogP contribution in [0.5, 0.6) is 17.2 Å². The highest BCUT2D eigenvalue weighted by molar-refractivity contribution is 9.10. The van der Waals surface area contributed by atoms with Crippen molar-refractivity contribution >= 4 is 15.9 Å². The number of nitrogens with two attached hydrogens (primary N) is 1. The van der Waals surface area contributed by atoms with Gasteiger partial charge in [0.15, 0.2) is 11.5 Å². The topological polar surface area (TPSA) is 64.7 Å². The van der Waals surface area contributed by atoms with Gasteiger partial charge in [0.25, 0.3) is 0 Å². The number of rotatable bonds is 3. The molecule has 0 atom stereocenters. The molecule has 0 saturated heterocycles. The molecule has 3 N–H and O–H groups in total. The molecule has 0 amide bonds. The lowest BCUT2D eigenvalue weighted by Crippen LogP contribution is -2.29. The maximum Gasteiger partial charge on any atom is 0.203 e. The molecule has 0 unspecified atom stereocenters. The molecule has 90 valence electrons. The number of phenols is 1. The molecule has 5 heteroatoms. The molecular weight excluding hydrogens is 274 g/mol. The monoisotopic (exact) mass is 289 g/mol. The number of halogens is 1. The normalized spacial score (nSPS) is 11.4. The van der Waals surface area contributed by atoms with Crippen LogP contribution in [-0.2, 0) is 5.54 Å². The summed E-state index contributed by atoms with van der Waals surface area (Å²) < 4.78 is 10.9. The van der Waals surface area contributed by atoms with Crippen molar-refractivity contribution in [1.29, 1.82) is 0 Å². The first-order valence-corrected chi connectivity index (χ1v) is 5.55. The van der Waals surface area contributed by atoms with Crippen molar-refractivity contribution in [2.24, 2.45) is 5.73 Å². The number of hydrogen-bond donors (Lipinski definition) is 2. The molecule has 0 spiro atoms. The van der Waals surface area contributed by atoms with E-state index in [4.69, 9.17) is 15.2 Å². The lowest BCUT2D eigenvalue weighted by atomic mass is 9.94. The van der Waals surface area contributed by atoms with Crippen LogP contribution in [0.1, 0.15) is 19.4 Å². The minimum absolute atomic E-state index is 0.00113. The summed E-state index contributed by atoms with van der Waals surface area (Å²) in [7, 11) is 2.98. The van der Waals surface area contributed by atoms with Gasteiger partial charge in [-0.3, -0.25) is 0 Å². The first-order valence-electron chi connectivity index (χ1n) is 4.75. The maximum atomic E-state index is 10.1. The third-order valence-electron chi connectivity index (χ3n) is 2.24. The molecule has 0 aliphatic rings. The fourth-order valence-corrected chi connectivity index (χ4v) is 2.46. The molecular formula is C11H16BrNO3. The van der Waals surface area contributed by atoms with Crippen LogP contribution in [0.3, 0.4) is 0 Å². The van der Waals surface area contributed by atoms with E-state index < -0.39 is 5.54 Å². The van der Waals surface area contributed by atoms with Crippen LogP contribution in [0, 0.1) is 0 Å². The highest BCUT2D eigenvalue weighted by atomic mass is 79.9. The summed E-state index contributed by atoms with van der Waals surface area (Å²) in [4.78, 5) is 0. The molecule has 0 saturated carbocycles. The van der Waals surface area contributed by atoms with Crippen LogP contribution >= 0.6 is 15.9 Å². The SMILES string of the molecule is COc1cc(Br)c(C(C)(C)N)c(O)c1OC. The second-order valence-electron chi connectivity index (χ2n) is 4.04. The van der Waals surface area contributed by atoms with Crippen molar-refractivity contribution in [2.75, 3.05) is 14.2 Å². The molecule has 0 heterocycles. The molecule has 0 aromatic heterocycles. The van der Waals surface area contributed by atoms with Crippen LogP contribution in [0.2, 0.25) is 0 Å². The second kappa shape index (κ2) is 4.51. The highest BCUT2D eigenvalue weighted by Gasteiger charge is 2.27. The Hall–Kier alpha value is -0.940. The largest absolute Gasteiger partial charge is 0.504 e. The van der Waals surface area contributed by atoms with Gasteiger partial charge >= 0.3 is 0 Å². The van der Waals surface area contributed by atoms with Crippen molar-refractivity contribution in [3.63, 3.8) is 0 Å². The smallest absolute Gasteiger partial charge is 0.203 e. The lowest BCUT2D eigenvalue weighted by Gasteiger charge is -2.24. The fraction of sp³-hybridized carbons (Fsp3) is 0.455.